The molecule has 5 nitrogen and oxygen atoms in total. The van der Waals surface area contributed by atoms with Crippen LogP contribution in [0.25, 0.3) is 0 Å². The number of alkyl halides is 3. The lowest BCUT2D eigenvalue weighted by atomic mass is 10.1. The Morgan fingerprint density at radius 3 is 2.42 bits per heavy atom. The third-order valence-corrected chi connectivity index (χ3v) is 3.04. The number of aliphatic carboxylic acids is 1. The van der Waals surface area contributed by atoms with Crippen LogP contribution in [0.5, 0.6) is 5.75 Å². The Kier molecular flexibility index (Phi) is 7.29. The zero-order chi connectivity index (χ0) is 18.2. The van der Waals surface area contributed by atoms with Gasteiger partial charge in [0.25, 0.3) is 0 Å². The summed E-state index contributed by atoms with van der Waals surface area (Å²) >= 11 is 0. The van der Waals surface area contributed by atoms with Gasteiger partial charge in [0.1, 0.15) is 11.8 Å². The van der Waals surface area contributed by atoms with Gasteiger partial charge in [-0.05, 0) is 37.5 Å². The Morgan fingerprint density at radius 2 is 1.92 bits per heavy atom. The zero-order valence-electron chi connectivity index (χ0n) is 13.0. The van der Waals surface area contributed by atoms with Crippen molar-refractivity contribution in [1.29, 1.82) is 0 Å². The third kappa shape index (κ3) is 7.66. The van der Waals surface area contributed by atoms with Gasteiger partial charge in [0.2, 0.25) is 5.91 Å². The van der Waals surface area contributed by atoms with Gasteiger partial charge in [0, 0.05) is 6.42 Å². The normalized spacial score (nSPS) is 12.8. The second kappa shape index (κ2) is 8.95. The fourth-order valence-electron chi connectivity index (χ4n) is 1.88. The third-order valence-electron chi connectivity index (χ3n) is 3.04. The molecule has 0 bridgehead atoms. The van der Waals surface area contributed by atoms with Gasteiger partial charge in [-0.3, -0.25) is 4.79 Å². The molecule has 1 rings (SSSR count). The number of allylic oxidation sites excluding steroid dienone is 1. The first kappa shape index (κ1) is 19.5. The lowest BCUT2D eigenvalue weighted by Gasteiger charge is -2.13. The second-order valence-corrected chi connectivity index (χ2v) is 4.95. The summed E-state index contributed by atoms with van der Waals surface area (Å²) in [6, 6.07) is 4.15. The van der Waals surface area contributed by atoms with Gasteiger partial charge >= 0.3 is 12.3 Å². The van der Waals surface area contributed by atoms with Crippen molar-refractivity contribution in [3.63, 3.8) is 0 Å². The summed E-state index contributed by atoms with van der Waals surface area (Å²) in [6.45, 7) is 1.74. The Labute approximate surface area is 137 Å². The van der Waals surface area contributed by atoms with E-state index < -0.39 is 24.3 Å². The fourth-order valence-corrected chi connectivity index (χ4v) is 1.88. The molecule has 0 aliphatic heterocycles. The molecule has 8 heteroatoms. The number of amides is 1. The van der Waals surface area contributed by atoms with E-state index in [1.165, 1.54) is 12.1 Å². The number of carboxylic acid groups (broad SMARTS) is 1. The highest BCUT2D eigenvalue weighted by molar-refractivity contribution is 5.83. The van der Waals surface area contributed by atoms with E-state index in [9.17, 15) is 22.8 Å². The van der Waals surface area contributed by atoms with Gasteiger partial charge < -0.3 is 15.2 Å². The van der Waals surface area contributed by atoms with E-state index in [1.807, 2.05) is 0 Å². The Bertz CT molecular complexity index is 582. The van der Waals surface area contributed by atoms with E-state index in [2.05, 4.69) is 10.1 Å². The molecular formula is C16H18F3NO4. The Balaban J connectivity index is 2.50. The lowest BCUT2D eigenvalue weighted by Crippen LogP contribution is -2.40. The number of ether oxygens (including phenoxy) is 1. The van der Waals surface area contributed by atoms with Crippen LogP contribution in [-0.2, 0) is 16.0 Å². The van der Waals surface area contributed by atoms with Crippen molar-refractivity contribution in [3.05, 3.63) is 42.0 Å². The van der Waals surface area contributed by atoms with E-state index >= 15 is 0 Å². The molecule has 0 radical (unpaired) electrons. The molecule has 0 saturated heterocycles. The van der Waals surface area contributed by atoms with Crippen LogP contribution in [0.4, 0.5) is 13.2 Å². The summed E-state index contributed by atoms with van der Waals surface area (Å²) in [6.07, 6.45) is -0.945. The van der Waals surface area contributed by atoms with E-state index in [4.69, 9.17) is 5.11 Å². The minimum absolute atomic E-state index is 0.0269. The van der Waals surface area contributed by atoms with Crippen molar-refractivity contribution in [2.75, 3.05) is 0 Å². The van der Waals surface area contributed by atoms with Crippen molar-refractivity contribution in [2.45, 2.75) is 38.6 Å². The summed E-state index contributed by atoms with van der Waals surface area (Å²) in [5.41, 5.74) is 0.639. The predicted molar refractivity (Wildman–Crippen MR) is 80.4 cm³/mol. The number of halogens is 3. The average Bonchev–Trinajstić information content (AvgIpc) is 2.49. The first-order valence-electron chi connectivity index (χ1n) is 7.19. The average molecular weight is 345 g/mol. The summed E-state index contributed by atoms with van der Waals surface area (Å²) in [5, 5.41) is 11.4. The van der Waals surface area contributed by atoms with Crippen molar-refractivity contribution < 1.29 is 32.6 Å². The van der Waals surface area contributed by atoms with Gasteiger partial charge in [0.05, 0.1) is 0 Å². The van der Waals surface area contributed by atoms with E-state index in [0.29, 0.717) is 5.56 Å². The minimum Gasteiger partial charge on any atom is -0.480 e. The summed E-state index contributed by atoms with van der Waals surface area (Å²) < 4.78 is 39.9. The van der Waals surface area contributed by atoms with Gasteiger partial charge in [-0.15, -0.1) is 13.2 Å². The molecule has 1 atom stereocenters. The Morgan fingerprint density at radius 1 is 1.29 bits per heavy atom. The van der Waals surface area contributed by atoms with Gasteiger partial charge in [-0.25, -0.2) is 4.79 Å². The molecular weight excluding hydrogens is 327 g/mol. The summed E-state index contributed by atoms with van der Waals surface area (Å²) in [4.78, 5) is 22.8. The Hall–Kier alpha value is -2.51. The van der Waals surface area contributed by atoms with Crippen molar-refractivity contribution >= 4 is 11.9 Å². The molecule has 1 amide bonds. The SMILES string of the molecule is C/C=C/CC(NC(=O)CCc1ccc(OC(F)(F)F)cc1)C(=O)O. The van der Waals surface area contributed by atoms with Gasteiger partial charge in [-0.2, -0.15) is 0 Å². The van der Waals surface area contributed by atoms with E-state index in [1.54, 1.807) is 19.1 Å². The van der Waals surface area contributed by atoms with Gasteiger partial charge in [0.15, 0.2) is 0 Å². The molecule has 132 valence electrons. The van der Waals surface area contributed by atoms with Crippen molar-refractivity contribution in [2.24, 2.45) is 0 Å². The van der Waals surface area contributed by atoms with Crippen LogP contribution in [0, 0.1) is 0 Å². The molecule has 0 fully saturated rings. The smallest absolute Gasteiger partial charge is 0.480 e. The standard InChI is InChI=1S/C16H18F3NO4/c1-2-3-4-13(15(22)23)20-14(21)10-7-11-5-8-12(9-6-11)24-16(17,18)19/h2-3,5-6,8-9,13H,4,7,10H2,1H3,(H,20,21)(H,22,23)/b3-2+. The molecule has 1 aromatic carbocycles. The maximum atomic E-state index is 12.0. The molecule has 0 aromatic heterocycles. The monoisotopic (exact) mass is 345 g/mol. The number of carbonyl (C=O) groups is 2. The molecule has 0 heterocycles. The molecule has 2 N–H and O–H groups in total. The number of benzene rings is 1. The van der Waals surface area contributed by atoms with Crippen molar-refractivity contribution in [3.8, 4) is 5.75 Å². The van der Waals surface area contributed by atoms with Crippen LogP contribution in [0.2, 0.25) is 0 Å². The highest BCUT2D eigenvalue weighted by Crippen LogP contribution is 2.22. The molecule has 24 heavy (non-hydrogen) atoms. The second-order valence-electron chi connectivity index (χ2n) is 4.95. The summed E-state index contributed by atoms with van der Waals surface area (Å²) in [7, 11) is 0. The number of aryl methyl sites for hydroxylation is 1. The first-order chi connectivity index (χ1) is 11.2. The summed E-state index contributed by atoms with van der Waals surface area (Å²) in [5.74, 6) is -1.91. The highest BCUT2D eigenvalue weighted by Gasteiger charge is 2.30. The van der Waals surface area contributed by atoms with Crippen LogP contribution >= 0.6 is 0 Å². The number of hydrogen-bond donors (Lipinski definition) is 2. The van der Waals surface area contributed by atoms with Crippen LogP contribution in [0.3, 0.4) is 0 Å². The maximum absolute atomic E-state index is 12.0. The fraction of sp³-hybridized carbons (Fsp3) is 0.375. The number of rotatable bonds is 8. The molecule has 1 unspecified atom stereocenters. The van der Waals surface area contributed by atoms with Crippen molar-refractivity contribution in [1.82, 2.24) is 5.32 Å². The molecule has 0 aliphatic rings. The van der Waals surface area contributed by atoms with Crippen LogP contribution < -0.4 is 10.1 Å². The minimum atomic E-state index is -4.75. The zero-order valence-corrected chi connectivity index (χ0v) is 13.0. The lowest BCUT2D eigenvalue weighted by molar-refractivity contribution is -0.274. The largest absolute Gasteiger partial charge is 0.573 e. The number of carbonyl (C=O) groups excluding carboxylic acids is 1. The number of carboxylic acids is 1. The first-order valence-corrected chi connectivity index (χ1v) is 7.19. The van der Waals surface area contributed by atoms with E-state index in [0.717, 1.165) is 12.1 Å². The quantitative estimate of drug-likeness (QED) is 0.710. The molecule has 0 spiro atoms. The van der Waals surface area contributed by atoms with Crippen LogP contribution in [0.15, 0.2) is 36.4 Å². The molecule has 1 aromatic rings. The van der Waals surface area contributed by atoms with Crippen LogP contribution in [-0.4, -0.2) is 29.4 Å². The number of nitrogens with one attached hydrogen (secondary N) is 1. The molecule has 0 saturated carbocycles. The van der Waals surface area contributed by atoms with Gasteiger partial charge in [-0.1, -0.05) is 24.3 Å². The van der Waals surface area contributed by atoms with E-state index in [-0.39, 0.29) is 25.0 Å². The molecule has 0 aliphatic carbocycles. The predicted octanol–water partition coefficient (Wildman–Crippen LogP) is 3.05. The topological polar surface area (TPSA) is 75.6 Å². The van der Waals surface area contributed by atoms with Crippen LogP contribution in [0.1, 0.15) is 25.3 Å². The number of hydrogen-bond acceptors (Lipinski definition) is 3. The highest BCUT2D eigenvalue weighted by atomic mass is 19.4. The maximum Gasteiger partial charge on any atom is 0.573 e.